The molecule has 1 saturated carbocycles. The Balaban J connectivity index is 1.67. The van der Waals surface area contributed by atoms with Crippen molar-refractivity contribution >= 4 is 45.9 Å². The van der Waals surface area contributed by atoms with Gasteiger partial charge in [0.2, 0.25) is 5.12 Å². The Kier molecular flexibility index (Phi) is 7.77. The van der Waals surface area contributed by atoms with Crippen LogP contribution < -0.4 is 5.32 Å². The Bertz CT molecular complexity index is 1260. The smallest absolute Gasteiger partial charge is 0.206 e. The third kappa shape index (κ3) is 4.96. The molecule has 5 rings (SSSR count). The predicted octanol–water partition coefficient (Wildman–Crippen LogP) is 7.07. The average Bonchev–Trinajstić information content (AvgIpc) is 3.31. The van der Waals surface area contributed by atoms with Crippen molar-refractivity contribution in [3.8, 4) is 0 Å². The van der Waals surface area contributed by atoms with Crippen LogP contribution in [0.1, 0.15) is 76.3 Å². The summed E-state index contributed by atoms with van der Waals surface area (Å²) >= 11 is 13.7. The zero-order chi connectivity index (χ0) is 27.4. The number of Topliss-reactive ketones (excluding diaryl/α,β-unsaturated/α-hetero) is 1. The second-order valence-corrected chi connectivity index (χ2v) is 14.2. The number of ketones is 1. The van der Waals surface area contributed by atoms with Gasteiger partial charge in [0.05, 0.1) is 22.6 Å². The number of aliphatic hydroxyl groups excluding tert-OH is 1. The Labute approximate surface area is 238 Å². The molecule has 204 valence electrons. The Morgan fingerprint density at radius 1 is 1.16 bits per heavy atom. The van der Waals surface area contributed by atoms with Crippen LogP contribution in [-0.2, 0) is 15.0 Å². The fourth-order valence-corrected chi connectivity index (χ4v) is 8.52. The number of carbonyl (C=O) groups excluding carboxylic acids is 2. The summed E-state index contributed by atoms with van der Waals surface area (Å²) in [5.74, 6) is -1.21. The molecule has 3 aliphatic rings. The lowest BCUT2D eigenvalue weighted by atomic mass is 9.62. The quantitative estimate of drug-likeness (QED) is 0.397. The van der Waals surface area contributed by atoms with Crippen LogP contribution in [0.3, 0.4) is 0 Å². The molecule has 0 radical (unpaired) electrons. The number of hydrogen-bond donors (Lipinski definition) is 2. The largest absolute Gasteiger partial charge is 0.393 e. The van der Waals surface area contributed by atoms with Crippen molar-refractivity contribution in [3.05, 3.63) is 63.4 Å². The Morgan fingerprint density at radius 2 is 1.87 bits per heavy atom. The minimum Gasteiger partial charge on any atom is -0.393 e. The maximum Gasteiger partial charge on any atom is 0.206 e. The summed E-state index contributed by atoms with van der Waals surface area (Å²) in [6, 6.07) is 9.12. The normalized spacial score (nSPS) is 31.1. The zero-order valence-electron chi connectivity index (χ0n) is 21.9. The molecule has 38 heavy (non-hydrogen) atoms. The molecule has 2 aromatic rings. The summed E-state index contributed by atoms with van der Waals surface area (Å²) < 4.78 is 15.8. The van der Waals surface area contributed by atoms with E-state index in [1.165, 1.54) is 6.07 Å². The third-order valence-electron chi connectivity index (χ3n) is 8.47. The Morgan fingerprint density at radius 3 is 2.55 bits per heavy atom. The highest BCUT2D eigenvalue weighted by atomic mass is 35.5. The summed E-state index contributed by atoms with van der Waals surface area (Å²) in [5.41, 5.74) is -0.249. The molecule has 1 saturated heterocycles. The molecule has 2 aliphatic heterocycles. The van der Waals surface area contributed by atoms with Gasteiger partial charge in [0, 0.05) is 28.3 Å². The number of nitrogens with one attached hydrogen (secondary N) is 1. The molecule has 2 heterocycles. The van der Waals surface area contributed by atoms with E-state index in [1.807, 2.05) is 6.07 Å². The third-order valence-corrected chi connectivity index (χ3v) is 10.1. The van der Waals surface area contributed by atoms with Crippen LogP contribution >= 0.6 is 35.0 Å². The molecule has 0 aromatic heterocycles. The van der Waals surface area contributed by atoms with E-state index in [2.05, 4.69) is 26.1 Å². The highest BCUT2D eigenvalue weighted by molar-refractivity contribution is 8.14. The van der Waals surface area contributed by atoms with Crippen molar-refractivity contribution in [2.75, 3.05) is 0 Å². The van der Waals surface area contributed by atoms with Gasteiger partial charge in [-0.2, -0.15) is 0 Å². The van der Waals surface area contributed by atoms with Gasteiger partial charge in [0.15, 0.2) is 5.78 Å². The van der Waals surface area contributed by atoms with E-state index >= 15 is 4.39 Å². The first kappa shape index (κ1) is 28.1. The van der Waals surface area contributed by atoms with E-state index in [-0.39, 0.29) is 38.9 Å². The highest BCUT2D eigenvalue weighted by Gasteiger charge is 2.66. The van der Waals surface area contributed by atoms with Crippen molar-refractivity contribution in [3.63, 3.8) is 0 Å². The first-order valence-electron chi connectivity index (χ1n) is 13.3. The first-order chi connectivity index (χ1) is 17.9. The van der Waals surface area contributed by atoms with Gasteiger partial charge in [-0.15, -0.1) is 0 Å². The summed E-state index contributed by atoms with van der Waals surface area (Å²) in [6.07, 6.45) is 3.56. The van der Waals surface area contributed by atoms with Crippen LogP contribution in [0.4, 0.5) is 4.39 Å². The predicted molar refractivity (Wildman–Crippen MR) is 151 cm³/mol. The number of rotatable bonds is 5. The number of halogens is 3. The molecular formula is C30H34Cl2FNO3S. The lowest BCUT2D eigenvalue weighted by Gasteiger charge is -2.38. The number of aliphatic hydroxyl groups is 1. The molecule has 4 nitrogen and oxygen atoms in total. The van der Waals surface area contributed by atoms with E-state index < -0.39 is 29.2 Å². The summed E-state index contributed by atoms with van der Waals surface area (Å²) in [7, 11) is 0. The molecule has 2 N–H and O–H groups in total. The maximum atomic E-state index is 15.8. The standard InChI is InChI=1S/C30H34Cl2FNO3S/c1-29(2,3)15-24-30(20-12-9-17(31)14-23(20)38-28(30)37)25(19-5-4-6-21(32)26(19)33)27(34-24)22(36)13-16-7-10-18(35)11-8-16/h4-6,9,12,14,16,18,24-25,27,34-35H,7-8,10-11,13,15H2,1-3H3/t16?,18?,24-,25+,27+,30+/m1/s1. The van der Waals surface area contributed by atoms with Gasteiger partial charge < -0.3 is 10.4 Å². The SMILES string of the molecule is CC(C)(C)C[C@H]1N[C@@H](C(=O)CC2CCC(O)CC2)[C@H](c2cccc(Cl)c2F)[C@@]12C(=O)Sc1cc(Cl)ccc12. The Hall–Kier alpha value is -1.44. The molecule has 1 aliphatic carbocycles. The van der Waals surface area contributed by atoms with Crippen molar-refractivity contribution in [1.82, 2.24) is 5.32 Å². The van der Waals surface area contributed by atoms with E-state index in [0.717, 1.165) is 35.1 Å². The van der Waals surface area contributed by atoms with E-state index in [0.29, 0.717) is 30.7 Å². The molecule has 1 spiro atoms. The molecule has 2 aromatic carbocycles. The van der Waals surface area contributed by atoms with E-state index in [4.69, 9.17) is 23.2 Å². The van der Waals surface area contributed by atoms with Crippen molar-refractivity contribution in [1.29, 1.82) is 0 Å². The lowest BCUT2D eigenvalue weighted by molar-refractivity contribution is -0.122. The van der Waals surface area contributed by atoms with Gasteiger partial charge in [-0.3, -0.25) is 9.59 Å². The van der Waals surface area contributed by atoms with Crippen LogP contribution in [0.5, 0.6) is 0 Å². The van der Waals surface area contributed by atoms with Gasteiger partial charge in [-0.1, -0.05) is 73.9 Å². The molecule has 8 heteroatoms. The minimum atomic E-state index is -1.16. The average molecular weight is 579 g/mol. The number of hydrogen-bond acceptors (Lipinski definition) is 5. The van der Waals surface area contributed by atoms with Crippen LogP contribution in [0.2, 0.25) is 10.0 Å². The summed E-state index contributed by atoms with van der Waals surface area (Å²) in [6.45, 7) is 6.32. The fourth-order valence-electron chi connectivity index (χ4n) is 6.82. The molecular weight excluding hydrogens is 544 g/mol. The monoisotopic (exact) mass is 577 g/mol. The van der Waals surface area contributed by atoms with E-state index in [9.17, 15) is 14.7 Å². The fraction of sp³-hybridized carbons (Fsp3) is 0.533. The van der Waals surface area contributed by atoms with Gasteiger partial charge >= 0.3 is 0 Å². The van der Waals surface area contributed by atoms with Gasteiger partial charge in [-0.05, 0) is 72.8 Å². The number of thioether (sulfide) groups is 1. The molecule has 0 amide bonds. The van der Waals surface area contributed by atoms with Gasteiger partial charge in [0.1, 0.15) is 5.82 Å². The van der Waals surface area contributed by atoms with Crippen LogP contribution in [0.25, 0.3) is 0 Å². The molecule has 0 unspecified atom stereocenters. The van der Waals surface area contributed by atoms with Crippen LogP contribution in [0.15, 0.2) is 41.3 Å². The summed E-state index contributed by atoms with van der Waals surface area (Å²) in [4.78, 5) is 29.1. The second-order valence-electron chi connectivity index (χ2n) is 12.3. The van der Waals surface area contributed by atoms with Crippen LogP contribution in [-0.4, -0.2) is 34.2 Å². The van der Waals surface area contributed by atoms with Crippen molar-refractivity contribution < 1.29 is 19.1 Å². The van der Waals surface area contributed by atoms with Gasteiger partial charge in [-0.25, -0.2) is 4.39 Å². The van der Waals surface area contributed by atoms with Crippen molar-refractivity contribution in [2.45, 2.75) is 93.7 Å². The number of fused-ring (bicyclic) bond motifs is 2. The second kappa shape index (κ2) is 10.5. The lowest BCUT2D eigenvalue weighted by Crippen LogP contribution is -2.48. The number of carbonyl (C=O) groups is 2. The zero-order valence-corrected chi connectivity index (χ0v) is 24.2. The maximum absolute atomic E-state index is 15.8. The minimum absolute atomic E-state index is 0.0215. The topological polar surface area (TPSA) is 66.4 Å². The van der Waals surface area contributed by atoms with Crippen LogP contribution in [0, 0.1) is 17.2 Å². The van der Waals surface area contributed by atoms with Gasteiger partial charge in [0.25, 0.3) is 0 Å². The van der Waals surface area contributed by atoms with E-state index in [1.54, 1.807) is 24.3 Å². The highest BCUT2D eigenvalue weighted by Crippen LogP contribution is 2.60. The van der Waals surface area contributed by atoms with Crippen molar-refractivity contribution in [2.24, 2.45) is 11.3 Å². The first-order valence-corrected chi connectivity index (χ1v) is 14.9. The molecule has 4 atom stereocenters. The molecule has 2 fully saturated rings. The summed E-state index contributed by atoms with van der Waals surface area (Å²) in [5, 5.41) is 13.9. The molecule has 0 bridgehead atoms. The number of benzene rings is 2.